The number of carboxylic acid groups (broad SMARTS) is 1. The number of likely N-dealkylation sites (N-methyl/N-ethyl adjacent to an activating group) is 1. The van der Waals surface area contributed by atoms with E-state index in [0.29, 0.717) is 0 Å². The molecule has 0 aliphatic heterocycles. The van der Waals surface area contributed by atoms with Crippen molar-refractivity contribution in [3.8, 4) is 6.07 Å². The number of carboxylic acids is 1. The number of carbonyl (C=O) groups is 2. The van der Waals surface area contributed by atoms with Gasteiger partial charge in [-0.25, -0.2) is 14.0 Å². The van der Waals surface area contributed by atoms with Gasteiger partial charge in [0.05, 0.1) is 11.3 Å². The van der Waals surface area contributed by atoms with E-state index in [2.05, 4.69) is 5.32 Å². The Balaban J connectivity index is 2.91. The van der Waals surface area contributed by atoms with E-state index in [1.807, 2.05) is 0 Å². The van der Waals surface area contributed by atoms with Gasteiger partial charge in [0, 0.05) is 7.05 Å². The number of urea groups is 1. The normalized spacial score (nSPS) is 11.3. The standard InChI is InChI=1S/C13H14FN3O3/c1-3-11(12(18)19)17(2)13(20)16-10-5-4-9(14)6-8(10)7-15/h4-6,11H,3H2,1-2H3,(H,16,20)(H,18,19). The van der Waals surface area contributed by atoms with Crippen LogP contribution >= 0.6 is 0 Å². The third-order valence-corrected chi connectivity index (χ3v) is 2.80. The van der Waals surface area contributed by atoms with Crippen molar-refractivity contribution < 1.29 is 19.1 Å². The highest BCUT2D eigenvalue weighted by Gasteiger charge is 2.25. The van der Waals surface area contributed by atoms with Crippen molar-refractivity contribution in [3.05, 3.63) is 29.6 Å². The van der Waals surface area contributed by atoms with Gasteiger partial charge in [-0.05, 0) is 24.6 Å². The number of anilines is 1. The lowest BCUT2D eigenvalue weighted by atomic mass is 10.2. The number of nitriles is 1. The number of nitrogens with one attached hydrogen (secondary N) is 1. The van der Waals surface area contributed by atoms with Crippen LogP contribution in [0.4, 0.5) is 14.9 Å². The molecule has 0 saturated carbocycles. The molecule has 106 valence electrons. The Morgan fingerprint density at radius 3 is 2.70 bits per heavy atom. The second kappa shape index (κ2) is 6.52. The zero-order valence-electron chi connectivity index (χ0n) is 11.1. The number of benzene rings is 1. The van der Waals surface area contributed by atoms with Gasteiger partial charge < -0.3 is 15.3 Å². The van der Waals surface area contributed by atoms with Crippen molar-refractivity contribution in [1.29, 1.82) is 5.26 Å². The molecule has 0 aliphatic rings. The van der Waals surface area contributed by atoms with Gasteiger partial charge in [-0.2, -0.15) is 5.26 Å². The van der Waals surface area contributed by atoms with E-state index in [0.717, 1.165) is 17.0 Å². The summed E-state index contributed by atoms with van der Waals surface area (Å²) in [5, 5.41) is 20.2. The highest BCUT2D eigenvalue weighted by molar-refractivity contribution is 5.93. The molecule has 0 aromatic heterocycles. The summed E-state index contributed by atoms with van der Waals surface area (Å²) in [6.07, 6.45) is 0.244. The van der Waals surface area contributed by atoms with Crippen LogP contribution in [0.3, 0.4) is 0 Å². The molecule has 1 aromatic carbocycles. The maximum atomic E-state index is 13.0. The zero-order valence-corrected chi connectivity index (χ0v) is 11.1. The molecule has 0 aliphatic carbocycles. The Bertz CT molecular complexity index is 568. The average molecular weight is 279 g/mol. The maximum absolute atomic E-state index is 13.0. The van der Waals surface area contributed by atoms with E-state index in [9.17, 15) is 14.0 Å². The minimum atomic E-state index is -1.12. The Morgan fingerprint density at radius 1 is 1.55 bits per heavy atom. The number of nitrogens with zero attached hydrogens (tertiary/aromatic N) is 2. The van der Waals surface area contributed by atoms with Crippen LogP contribution in [0.1, 0.15) is 18.9 Å². The predicted octanol–water partition coefficient (Wildman–Crippen LogP) is 2.02. The summed E-state index contributed by atoms with van der Waals surface area (Å²) in [5.74, 6) is -1.71. The molecule has 2 amide bonds. The van der Waals surface area contributed by atoms with E-state index in [1.165, 1.54) is 13.1 Å². The molecule has 0 fully saturated rings. The molecular weight excluding hydrogens is 265 g/mol. The fraction of sp³-hybridized carbons (Fsp3) is 0.308. The van der Waals surface area contributed by atoms with Gasteiger partial charge in [0.1, 0.15) is 17.9 Å². The van der Waals surface area contributed by atoms with Crippen molar-refractivity contribution in [3.63, 3.8) is 0 Å². The van der Waals surface area contributed by atoms with Crippen molar-refractivity contribution in [2.45, 2.75) is 19.4 Å². The van der Waals surface area contributed by atoms with Crippen LogP contribution in [0.15, 0.2) is 18.2 Å². The molecule has 7 heteroatoms. The van der Waals surface area contributed by atoms with Crippen molar-refractivity contribution in [2.24, 2.45) is 0 Å². The third kappa shape index (κ3) is 3.45. The van der Waals surface area contributed by atoms with Gasteiger partial charge in [-0.3, -0.25) is 0 Å². The molecule has 1 aromatic rings. The molecule has 0 spiro atoms. The third-order valence-electron chi connectivity index (χ3n) is 2.80. The quantitative estimate of drug-likeness (QED) is 0.881. The number of hydrogen-bond acceptors (Lipinski definition) is 3. The largest absolute Gasteiger partial charge is 0.480 e. The number of hydrogen-bond donors (Lipinski definition) is 2. The first kappa shape index (κ1) is 15.4. The number of carbonyl (C=O) groups excluding carboxylic acids is 1. The van der Waals surface area contributed by atoms with E-state index < -0.39 is 23.9 Å². The summed E-state index contributed by atoms with van der Waals surface area (Å²) in [6, 6.07) is 3.45. The predicted molar refractivity (Wildman–Crippen MR) is 69.6 cm³/mol. The Hall–Kier alpha value is -2.62. The van der Waals surface area contributed by atoms with Gasteiger partial charge in [0.25, 0.3) is 0 Å². The van der Waals surface area contributed by atoms with Crippen LogP contribution in [0.2, 0.25) is 0 Å². The van der Waals surface area contributed by atoms with Crippen molar-refractivity contribution in [2.75, 3.05) is 12.4 Å². The topological polar surface area (TPSA) is 93.4 Å². The lowest BCUT2D eigenvalue weighted by Crippen LogP contribution is -2.44. The van der Waals surface area contributed by atoms with E-state index in [4.69, 9.17) is 10.4 Å². The van der Waals surface area contributed by atoms with Gasteiger partial charge in [-0.15, -0.1) is 0 Å². The molecule has 1 rings (SSSR count). The fourth-order valence-corrected chi connectivity index (χ4v) is 1.68. The second-order valence-corrected chi connectivity index (χ2v) is 4.11. The summed E-state index contributed by atoms with van der Waals surface area (Å²) in [5.41, 5.74) is 0.0983. The molecular formula is C13H14FN3O3. The van der Waals surface area contributed by atoms with Crippen LogP contribution in [0, 0.1) is 17.1 Å². The number of rotatable bonds is 4. The van der Waals surface area contributed by atoms with E-state index >= 15 is 0 Å². The Morgan fingerprint density at radius 2 is 2.20 bits per heavy atom. The van der Waals surface area contributed by atoms with Crippen molar-refractivity contribution >= 4 is 17.7 Å². The van der Waals surface area contributed by atoms with E-state index in [1.54, 1.807) is 13.0 Å². The second-order valence-electron chi connectivity index (χ2n) is 4.11. The molecule has 20 heavy (non-hydrogen) atoms. The summed E-state index contributed by atoms with van der Waals surface area (Å²) in [6.45, 7) is 1.64. The summed E-state index contributed by atoms with van der Waals surface area (Å²) in [7, 11) is 1.34. The molecule has 0 saturated heterocycles. The maximum Gasteiger partial charge on any atom is 0.326 e. The van der Waals surface area contributed by atoms with Crippen LogP contribution in [-0.2, 0) is 4.79 Å². The minimum absolute atomic E-state index is 0.0323. The van der Waals surface area contributed by atoms with Gasteiger partial charge in [-0.1, -0.05) is 6.92 Å². The van der Waals surface area contributed by atoms with Gasteiger partial charge >= 0.3 is 12.0 Å². The lowest BCUT2D eigenvalue weighted by molar-refractivity contribution is -0.141. The van der Waals surface area contributed by atoms with Crippen molar-refractivity contribution in [1.82, 2.24) is 4.90 Å². The van der Waals surface area contributed by atoms with Crippen LogP contribution in [-0.4, -0.2) is 35.1 Å². The molecule has 2 N–H and O–H groups in total. The number of halogens is 1. The molecule has 0 bridgehead atoms. The summed E-state index contributed by atoms with van der Waals surface area (Å²) >= 11 is 0. The van der Waals surface area contributed by atoms with E-state index in [-0.39, 0.29) is 17.7 Å². The number of aliphatic carboxylic acids is 1. The van der Waals surface area contributed by atoms with Crippen LogP contribution in [0.25, 0.3) is 0 Å². The zero-order chi connectivity index (χ0) is 15.3. The first-order chi connectivity index (χ1) is 9.40. The highest BCUT2D eigenvalue weighted by Crippen LogP contribution is 2.17. The number of amides is 2. The fourth-order valence-electron chi connectivity index (χ4n) is 1.68. The van der Waals surface area contributed by atoms with Crippen LogP contribution in [0.5, 0.6) is 0 Å². The molecule has 6 nitrogen and oxygen atoms in total. The lowest BCUT2D eigenvalue weighted by Gasteiger charge is -2.24. The monoisotopic (exact) mass is 279 g/mol. The van der Waals surface area contributed by atoms with Crippen LogP contribution < -0.4 is 5.32 Å². The molecule has 0 heterocycles. The molecule has 1 atom stereocenters. The molecule has 0 radical (unpaired) electrons. The Kier molecular flexibility index (Phi) is 5.03. The average Bonchev–Trinajstić information content (AvgIpc) is 2.40. The smallest absolute Gasteiger partial charge is 0.326 e. The molecule has 1 unspecified atom stereocenters. The summed E-state index contributed by atoms with van der Waals surface area (Å²) < 4.78 is 13.0. The first-order valence-corrected chi connectivity index (χ1v) is 5.87. The summed E-state index contributed by atoms with van der Waals surface area (Å²) in [4.78, 5) is 23.9. The van der Waals surface area contributed by atoms with Gasteiger partial charge in [0.15, 0.2) is 0 Å². The Labute approximate surface area is 115 Å². The minimum Gasteiger partial charge on any atom is -0.480 e. The first-order valence-electron chi connectivity index (χ1n) is 5.87. The highest BCUT2D eigenvalue weighted by atomic mass is 19.1. The van der Waals surface area contributed by atoms with Gasteiger partial charge in [0.2, 0.25) is 0 Å². The SMILES string of the molecule is CCC(C(=O)O)N(C)C(=O)Nc1ccc(F)cc1C#N.